The standard InChI is InChI=1S/C19H24ClN5O3/c20-13-11-14(23-18(3-1-2-4-18)5-8-22-12-21)17(27)25-15(13)16(26)24-19(25)6-9-28-10-7-19/h5,8,11-12,23H,1-4,6-7,9-10H2,(H2,21,22)(H,24,26)/b8-5-. The molecule has 4 rings (SSSR count). The molecule has 3 heterocycles. The van der Waals surface area contributed by atoms with Crippen LogP contribution in [0.5, 0.6) is 0 Å². The summed E-state index contributed by atoms with van der Waals surface area (Å²) in [6, 6.07) is 1.56. The molecule has 2 aliphatic heterocycles. The molecule has 3 aliphatic rings. The van der Waals surface area contributed by atoms with Crippen LogP contribution in [-0.4, -0.2) is 35.6 Å². The van der Waals surface area contributed by atoms with Crippen molar-refractivity contribution in [3.63, 3.8) is 0 Å². The Labute approximate surface area is 167 Å². The highest BCUT2D eigenvalue weighted by molar-refractivity contribution is 6.34. The van der Waals surface area contributed by atoms with E-state index in [9.17, 15) is 9.59 Å². The average Bonchev–Trinajstić information content (AvgIpc) is 3.24. The lowest BCUT2D eigenvalue weighted by molar-refractivity contribution is 0.0120. The summed E-state index contributed by atoms with van der Waals surface area (Å²) in [5.74, 6) is -0.316. The van der Waals surface area contributed by atoms with Crippen LogP contribution >= 0.6 is 11.6 Å². The molecule has 28 heavy (non-hydrogen) atoms. The van der Waals surface area contributed by atoms with Crippen LogP contribution in [-0.2, 0) is 10.4 Å². The molecule has 1 saturated heterocycles. The van der Waals surface area contributed by atoms with Crippen molar-refractivity contribution in [1.29, 1.82) is 0 Å². The Balaban J connectivity index is 1.78. The predicted octanol–water partition coefficient (Wildman–Crippen LogP) is 1.93. The first-order valence-electron chi connectivity index (χ1n) is 9.56. The number of aromatic nitrogens is 1. The Hall–Kier alpha value is -2.32. The Morgan fingerprint density at radius 2 is 1.96 bits per heavy atom. The topological polar surface area (TPSA) is 111 Å². The number of carbonyl (C=O) groups excluding carboxylic acids is 1. The van der Waals surface area contributed by atoms with Crippen molar-refractivity contribution in [3.8, 4) is 0 Å². The maximum absolute atomic E-state index is 13.4. The number of amides is 1. The summed E-state index contributed by atoms with van der Waals surface area (Å²) in [7, 11) is 0. The minimum Gasteiger partial charge on any atom is -0.390 e. The molecule has 0 bridgehead atoms. The Morgan fingerprint density at radius 3 is 2.64 bits per heavy atom. The molecule has 1 aromatic rings. The van der Waals surface area contributed by atoms with Gasteiger partial charge in [-0.25, -0.2) is 4.99 Å². The number of rotatable bonds is 4. The van der Waals surface area contributed by atoms with Crippen LogP contribution in [0.3, 0.4) is 0 Å². The van der Waals surface area contributed by atoms with E-state index in [4.69, 9.17) is 22.1 Å². The first-order valence-corrected chi connectivity index (χ1v) is 9.94. The number of hydrogen-bond donors (Lipinski definition) is 3. The van der Waals surface area contributed by atoms with Crippen LogP contribution < -0.4 is 21.9 Å². The molecule has 1 aliphatic carbocycles. The van der Waals surface area contributed by atoms with E-state index >= 15 is 0 Å². The summed E-state index contributed by atoms with van der Waals surface area (Å²) < 4.78 is 6.97. The predicted molar refractivity (Wildman–Crippen MR) is 108 cm³/mol. The summed E-state index contributed by atoms with van der Waals surface area (Å²) in [5.41, 5.74) is 4.53. The van der Waals surface area contributed by atoms with Crippen molar-refractivity contribution >= 4 is 29.5 Å². The van der Waals surface area contributed by atoms with Crippen LogP contribution in [0.2, 0.25) is 5.02 Å². The van der Waals surface area contributed by atoms with Gasteiger partial charge in [-0.2, -0.15) is 0 Å². The van der Waals surface area contributed by atoms with E-state index in [1.165, 1.54) is 10.9 Å². The highest BCUT2D eigenvalue weighted by Gasteiger charge is 2.46. The highest BCUT2D eigenvalue weighted by Crippen LogP contribution is 2.37. The molecule has 4 N–H and O–H groups in total. The molecule has 8 nitrogen and oxygen atoms in total. The SMILES string of the molecule is N/C=N\C=C/C1(Nc2cc(Cl)c3n(c2=O)C2(CCOCC2)NC3=O)CCCC1. The summed E-state index contributed by atoms with van der Waals surface area (Å²) in [6.45, 7) is 0.955. The summed E-state index contributed by atoms with van der Waals surface area (Å²) >= 11 is 6.45. The Kier molecular flexibility index (Phi) is 4.93. The fraction of sp³-hybridized carbons (Fsp3) is 0.526. The molecule has 0 atom stereocenters. The molecule has 1 amide bonds. The molecule has 1 spiro atoms. The third kappa shape index (κ3) is 3.10. The fourth-order valence-corrected chi connectivity index (χ4v) is 4.80. The molecule has 2 fully saturated rings. The number of carbonyl (C=O) groups is 1. The van der Waals surface area contributed by atoms with Gasteiger partial charge in [0.1, 0.15) is 17.0 Å². The van der Waals surface area contributed by atoms with E-state index in [1.807, 2.05) is 6.08 Å². The number of nitrogens with two attached hydrogens (primary N) is 1. The van der Waals surface area contributed by atoms with E-state index < -0.39 is 5.66 Å². The van der Waals surface area contributed by atoms with Crippen molar-refractivity contribution in [3.05, 3.63) is 39.4 Å². The third-order valence-corrected chi connectivity index (χ3v) is 6.20. The molecule has 9 heteroatoms. The lowest BCUT2D eigenvalue weighted by atomic mass is 9.97. The van der Waals surface area contributed by atoms with Crippen molar-refractivity contribution < 1.29 is 9.53 Å². The number of fused-ring (bicyclic) bond motifs is 2. The van der Waals surface area contributed by atoms with Gasteiger partial charge in [-0.15, -0.1) is 0 Å². The Morgan fingerprint density at radius 1 is 1.25 bits per heavy atom. The molecular formula is C19H24ClN5O3. The number of ether oxygens (including phenoxy) is 1. The second kappa shape index (κ2) is 7.25. The van der Waals surface area contributed by atoms with Gasteiger partial charge in [0.25, 0.3) is 11.5 Å². The lowest BCUT2D eigenvalue weighted by Crippen LogP contribution is -2.51. The van der Waals surface area contributed by atoms with Crippen molar-refractivity contribution in [2.75, 3.05) is 18.5 Å². The highest BCUT2D eigenvalue weighted by atomic mass is 35.5. The van der Waals surface area contributed by atoms with Gasteiger partial charge in [0.15, 0.2) is 0 Å². The van der Waals surface area contributed by atoms with Gasteiger partial charge >= 0.3 is 0 Å². The first-order chi connectivity index (χ1) is 13.5. The van der Waals surface area contributed by atoms with Gasteiger partial charge in [-0.1, -0.05) is 24.4 Å². The van der Waals surface area contributed by atoms with Gasteiger partial charge < -0.3 is 21.1 Å². The lowest BCUT2D eigenvalue weighted by Gasteiger charge is -2.35. The van der Waals surface area contributed by atoms with Crippen LogP contribution in [0.4, 0.5) is 5.69 Å². The van der Waals surface area contributed by atoms with E-state index in [1.54, 1.807) is 12.3 Å². The van der Waals surface area contributed by atoms with E-state index in [0.29, 0.717) is 31.7 Å². The molecular weight excluding hydrogens is 382 g/mol. The minimum atomic E-state index is -0.772. The van der Waals surface area contributed by atoms with Crippen molar-refractivity contribution in [2.45, 2.75) is 49.7 Å². The molecule has 150 valence electrons. The van der Waals surface area contributed by atoms with Crippen molar-refractivity contribution in [1.82, 2.24) is 9.88 Å². The van der Waals surface area contributed by atoms with Gasteiger partial charge in [0.05, 0.1) is 30.1 Å². The number of nitrogens with one attached hydrogen (secondary N) is 2. The number of aliphatic imine (C=N–C) groups is 1. The van der Waals surface area contributed by atoms with Crippen LogP contribution in [0.15, 0.2) is 28.1 Å². The fourth-order valence-electron chi connectivity index (χ4n) is 4.52. The zero-order valence-corrected chi connectivity index (χ0v) is 16.3. The molecule has 0 radical (unpaired) electrons. The average molecular weight is 406 g/mol. The summed E-state index contributed by atoms with van der Waals surface area (Å²) in [4.78, 5) is 29.9. The number of hydrogen-bond acceptors (Lipinski definition) is 5. The molecule has 1 saturated carbocycles. The second-order valence-corrected chi connectivity index (χ2v) is 8.00. The largest absolute Gasteiger partial charge is 0.390 e. The van der Waals surface area contributed by atoms with Gasteiger partial charge in [-0.3, -0.25) is 14.2 Å². The number of nitrogens with zero attached hydrogens (tertiary/aromatic N) is 2. The number of anilines is 1. The summed E-state index contributed by atoms with van der Waals surface area (Å²) in [5, 5.41) is 6.64. The van der Waals surface area contributed by atoms with Gasteiger partial charge in [0, 0.05) is 19.0 Å². The van der Waals surface area contributed by atoms with Crippen LogP contribution in [0, 0.1) is 0 Å². The molecule has 0 unspecified atom stereocenters. The molecule has 1 aromatic heterocycles. The maximum Gasteiger partial charge on any atom is 0.276 e. The zero-order chi connectivity index (χ0) is 19.8. The van der Waals surface area contributed by atoms with E-state index in [0.717, 1.165) is 25.7 Å². The number of halogens is 1. The smallest absolute Gasteiger partial charge is 0.276 e. The summed E-state index contributed by atoms with van der Waals surface area (Å²) in [6.07, 6.45) is 9.72. The van der Waals surface area contributed by atoms with Crippen LogP contribution in [0.1, 0.15) is 49.0 Å². The maximum atomic E-state index is 13.4. The van der Waals surface area contributed by atoms with Gasteiger partial charge in [0.2, 0.25) is 0 Å². The monoisotopic (exact) mass is 405 g/mol. The minimum absolute atomic E-state index is 0.225. The third-order valence-electron chi connectivity index (χ3n) is 5.91. The van der Waals surface area contributed by atoms with E-state index in [2.05, 4.69) is 15.6 Å². The van der Waals surface area contributed by atoms with Crippen LogP contribution in [0.25, 0.3) is 0 Å². The van der Waals surface area contributed by atoms with Gasteiger partial charge in [-0.05, 0) is 25.0 Å². The normalized spacial score (nSPS) is 22.8. The Bertz CT molecular complexity index is 896. The zero-order valence-electron chi connectivity index (χ0n) is 15.5. The van der Waals surface area contributed by atoms with E-state index in [-0.39, 0.29) is 27.7 Å². The molecule has 0 aromatic carbocycles. The second-order valence-electron chi connectivity index (χ2n) is 7.60. The van der Waals surface area contributed by atoms with Crippen molar-refractivity contribution in [2.24, 2.45) is 10.7 Å². The number of pyridine rings is 1. The quantitative estimate of drug-likeness (QED) is 0.523. The first kappa shape index (κ1) is 19.0.